The number of fused-ring (bicyclic) bond motifs is 3. The first kappa shape index (κ1) is 13.4. The lowest BCUT2D eigenvalue weighted by Gasteiger charge is -2.46. The van der Waals surface area contributed by atoms with Gasteiger partial charge in [-0.2, -0.15) is 0 Å². The summed E-state index contributed by atoms with van der Waals surface area (Å²) in [7, 11) is 1.48. The molecule has 4 heterocycles. The number of piperidine rings is 1. The molecule has 0 aromatic heterocycles. The number of esters is 1. The van der Waals surface area contributed by atoms with Crippen molar-refractivity contribution in [1.29, 1.82) is 0 Å². The van der Waals surface area contributed by atoms with Gasteiger partial charge < -0.3 is 14.8 Å². The van der Waals surface area contributed by atoms with Gasteiger partial charge in [0.1, 0.15) is 0 Å². The predicted molar refractivity (Wildman–Crippen MR) is 87.5 cm³/mol. The normalized spacial score (nSPS) is 41.0. The first-order chi connectivity index (χ1) is 11.7. The Morgan fingerprint density at radius 2 is 2.29 bits per heavy atom. The average molecular weight is 324 g/mol. The standard InChI is InChI=1S/C19H20N2O3/c1-23-18(22)11-8-10-15-14(24-15)9-21-7-6-19(17(10)21)12-4-2-3-5-13(12)20-16(11)19/h2-5,10,14-15,17,20H,6-9H2,1H3. The number of para-hydroxylation sites is 1. The van der Waals surface area contributed by atoms with Crippen LogP contribution in [0.2, 0.25) is 0 Å². The van der Waals surface area contributed by atoms with Gasteiger partial charge in [-0.1, -0.05) is 18.2 Å². The van der Waals surface area contributed by atoms with Crippen LogP contribution in [0.4, 0.5) is 5.69 Å². The highest BCUT2D eigenvalue weighted by Gasteiger charge is 2.68. The second-order valence-corrected chi connectivity index (χ2v) is 7.68. The van der Waals surface area contributed by atoms with Gasteiger partial charge in [-0.15, -0.1) is 0 Å². The number of benzene rings is 1. The fourth-order valence-corrected chi connectivity index (χ4v) is 6.00. The molecule has 0 saturated carbocycles. The maximum atomic E-state index is 12.6. The van der Waals surface area contributed by atoms with Crippen LogP contribution in [0.1, 0.15) is 18.4 Å². The molecule has 5 unspecified atom stereocenters. The summed E-state index contributed by atoms with van der Waals surface area (Å²) < 4.78 is 11.1. The van der Waals surface area contributed by atoms with Gasteiger partial charge in [0.2, 0.25) is 0 Å². The van der Waals surface area contributed by atoms with Crippen molar-refractivity contribution in [2.75, 3.05) is 25.5 Å². The Morgan fingerprint density at radius 1 is 1.42 bits per heavy atom. The van der Waals surface area contributed by atoms with Gasteiger partial charge in [-0.3, -0.25) is 4.90 Å². The molecule has 1 aromatic carbocycles. The van der Waals surface area contributed by atoms with Crippen molar-refractivity contribution in [1.82, 2.24) is 4.90 Å². The largest absolute Gasteiger partial charge is 0.466 e. The monoisotopic (exact) mass is 324 g/mol. The maximum absolute atomic E-state index is 12.6. The van der Waals surface area contributed by atoms with Crippen molar-refractivity contribution in [2.24, 2.45) is 5.92 Å². The number of rotatable bonds is 1. The van der Waals surface area contributed by atoms with Crippen LogP contribution in [-0.2, 0) is 19.7 Å². The number of carbonyl (C=O) groups excluding carboxylic acids is 1. The van der Waals surface area contributed by atoms with Crippen molar-refractivity contribution >= 4 is 11.7 Å². The second-order valence-electron chi connectivity index (χ2n) is 7.68. The smallest absolute Gasteiger partial charge is 0.335 e. The van der Waals surface area contributed by atoms with Crippen LogP contribution >= 0.6 is 0 Å². The summed E-state index contributed by atoms with van der Waals surface area (Å²) in [5.41, 5.74) is 4.32. The topological polar surface area (TPSA) is 54.1 Å². The minimum atomic E-state index is -0.190. The zero-order valence-corrected chi connectivity index (χ0v) is 13.6. The quantitative estimate of drug-likeness (QED) is 0.629. The molecule has 6 rings (SSSR count). The molecule has 3 fully saturated rings. The van der Waals surface area contributed by atoms with Crippen LogP contribution in [-0.4, -0.2) is 49.3 Å². The predicted octanol–water partition coefficient (Wildman–Crippen LogP) is 1.65. The average Bonchev–Trinajstić information content (AvgIpc) is 3.18. The summed E-state index contributed by atoms with van der Waals surface area (Å²) in [4.78, 5) is 15.2. The third kappa shape index (κ3) is 1.38. The number of carbonyl (C=O) groups is 1. The fraction of sp³-hybridized carbons (Fsp3) is 0.526. The van der Waals surface area contributed by atoms with Gasteiger partial charge >= 0.3 is 5.97 Å². The molecule has 4 aliphatic heterocycles. The molecule has 1 aromatic rings. The van der Waals surface area contributed by atoms with Crippen LogP contribution in [0.3, 0.4) is 0 Å². The van der Waals surface area contributed by atoms with Crippen molar-refractivity contribution in [3.8, 4) is 0 Å². The first-order valence-corrected chi connectivity index (χ1v) is 8.82. The van der Waals surface area contributed by atoms with E-state index in [9.17, 15) is 4.79 Å². The number of hydrogen-bond donors (Lipinski definition) is 1. The summed E-state index contributed by atoms with van der Waals surface area (Å²) in [5.74, 6) is 0.196. The Balaban J connectivity index is 1.62. The molecule has 1 aliphatic carbocycles. The molecule has 24 heavy (non-hydrogen) atoms. The molecule has 1 N–H and O–H groups in total. The first-order valence-electron chi connectivity index (χ1n) is 8.82. The Hall–Kier alpha value is -1.85. The minimum Gasteiger partial charge on any atom is -0.466 e. The van der Waals surface area contributed by atoms with E-state index in [0.29, 0.717) is 24.2 Å². The zero-order chi connectivity index (χ0) is 16.1. The van der Waals surface area contributed by atoms with Gasteiger partial charge in [0, 0.05) is 29.9 Å². The van der Waals surface area contributed by atoms with Crippen molar-refractivity contribution in [3.63, 3.8) is 0 Å². The lowest BCUT2D eigenvalue weighted by Crippen LogP contribution is -2.56. The summed E-state index contributed by atoms with van der Waals surface area (Å²) in [6.07, 6.45) is 2.50. The number of nitrogens with zero attached hydrogens (tertiary/aromatic N) is 1. The van der Waals surface area contributed by atoms with Crippen LogP contribution in [0.25, 0.3) is 0 Å². The SMILES string of the molecule is COC(=O)C1=C2Nc3ccccc3C23CCN2CC4OC4C(C1)C23. The summed E-state index contributed by atoms with van der Waals surface area (Å²) in [6.45, 7) is 2.11. The van der Waals surface area contributed by atoms with E-state index in [1.165, 1.54) is 12.7 Å². The third-order valence-corrected chi connectivity index (χ3v) is 6.84. The van der Waals surface area contributed by atoms with E-state index in [2.05, 4.69) is 34.5 Å². The molecule has 0 amide bonds. The van der Waals surface area contributed by atoms with Crippen molar-refractivity contribution < 1.29 is 14.3 Å². The summed E-state index contributed by atoms with van der Waals surface area (Å²) in [5, 5.41) is 3.59. The second kappa shape index (κ2) is 4.21. The lowest BCUT2D eigenvalue weighted by molar-refractivity contribution is -0.136. The van der Waals surface area contributed by atoms with Gasteiger partial charge in [0.15, 0.2) is 0 Å². The number of nitrogens with one attached hydrogen (secondary N) is 1. The highest BCUT2D eigenvalue weighted by molar-refractivity contribution is 5.93. The van der Waals surface area contributed by atoms with E-state index in [1.54, 1.807) is 0 Å². The highest BCUT2D eigenvalue weighted by atomic mass is 16.6. The summed E-state index contributed by atoms with van der Waals surface area (Å²) in [6, 6.07) is 8.96. The number of hydrogen-bond acceptors (Lipinski definition) is 5. The fourth-order valence-electron chi connectivity index (χ4n) is 6.00. The molecule has 124 valence electrons. The van der Waals surface area contributed by atoms with Crippen LogP contribution in [0, 0.1) is 5.92 Å². The molecular weight excluding hydrogens is 304 g/mol. The van der Waals surface area contributed by atoms with Crippen LogP contribution < -0.4 is 5.32 Å². The molecule has 5 heteroatoms. The number of epoxide rings is 1. The van der Waals surface area contributed by atoms with E-state index in [-0.39, 0.29) is 11.4 Å². The van der Waals surface area contributed by atoms with Crippen LogP contribution in [0.15, 0.2) is 35.5 Å². The molecule has 3 saturated heterocycles. The molecule has 0 bridgehead atoms. The molecule has 1 spiro atoms. The Bertz CT molecular complexity index is 804. The number of anilines is 1. The zero-order valence-electron chi connectivity index (χ0n) is 13.6. The van der Waals surface area contributed by atoms with Crippen molar-refractivity contribution in [3.05, 3.63) is 41.1 Å². The van der Waals surface area contributed by atoms with E-state index < -0.39 is 0 Å². The highest BCUT2D eigenvalue weighted by Crippen LogP contribution is 2.62. The van der Waals surface area contributed by atoms with Gasteiger partial charge in [-0.25, -0.2) is 4.79 Å². The number of ether oxygens (including phenoxy) is 2. The number of methoxy groups -OCH3 is 1. The van der Waals surface area contributed by atoms with E-state index in [4.69, 9.17) is 9.47 Å². The molecule has 5 nitrogen and oxygen atoms in total. The summed E-state index contributed by atoms with van der Waals surface area (Å²) >= 11 is 0. The Morgan fingerprint density at radius 3 is 3.17 bits per heavy atom. The Labute approximate surface area is 140 Å². The molecular formula is C19H20N2O3. The lowest BCUT2D eigenvalue weighted by atomic mass is 9.61. The van der Waals surface area contributed by atoms with Crippen molar-refractivity contribution in [2.45, 2.75) is 36.5 Å². The Kier molecular flexibility index (Phi) is 2.36. The van der Waals surface area contributed by atoms with Gasteiger partial charge in [-0.05, 0) is 31.0 Å². The van der Waals surface area contributed by atoms with E-state index in [1.807, 2.05) is 0 Å². The molecule has 5 atom stereocenters. The molecule has 0 radical (unpaired) electrons. The van der Waals surface area contributed by atoms with Gasteiger partial charge in [0.25, 0.3) is 0 Å². The van der Waals surface area contributed by atoms with Gasteiger partial charge in [0.05, 0.1) is 30.3 Å². The van der Waals surface area contributed by atoms with E-state index in [0.717, 1.165) is 42.9 Å². The maximum Gasteiger partial charge on any atom is 0.335 e. The third-order valence-electron chi connectivity index (χ3n) is 6.84. The molecule has 5 aliphatic rings. The van der Waals surface area contributed by atoms with E-state index >= 15 is 0 Å². The van der Waals surface area contributed by atoms with Crippen LogP contribution in [0.5, 0.6) is 0 Å². The minimum absolute atomic E-state index is 0.0973.